The summed E-state index contributed by atoms with van der Waals surface area (Å²) < 4.78 is 0. The lowest BCUT2D eigenvalue weighted by Crippen LogP contribution is -2.32. The number of nitrogens with two attached hydrogens (primary N) is 1. The quantitative estimate of drug-likeness (QED) is 0.847. The third kappa shape index (κ3) is 3.12. The van der Waals surface area contributed by atoms with Crippen molar-refractivity contribution in [2.24, 2.45) is 5.73 Å². The summed E-state index contributed by atoms with van der Waals surface area (Å²) in [5.74, 6) is -0.228. The van der Waals surface area contributed by atoms with Gasteiger partial charge in [-0.1, -0.05) is 11.6 Å². The Bertz CT molecular complexity index is 391. The standard InChI is InChI=1S/C11H16ClN3O/c1-7(13)11(16)14-8-4-5-10(15(2)3)9(12)6-8/h4-7H,13H2,1-3H3,(H,14,16). The van der Waals surface area contributed by atoms with E-state index < -0.39 is 6.04 Å². The molecule has 88 valence electrons. The van der Waals surface area contributed by atoms with Crippen molar-refractivity contribution in [1.29, 1.82) is 0 Å². The van der Waals surface area contributed by atoms with Crippen molar-refractivity contribution in [3.8, 4) is 0 Å². The van der Waals surface area contributed by atoms with Crippen LogP contribution in [0.1, 0.15) is 6.92 Å². The maximum absolute atomic E-state index is 11.4. The van der Waals surface area contributed by atoms with Gasteiger partial charge in [0.05, 0.1) is 16.8 Å². The first-order valence-corrected chi connectivity index (χ1v) is 5.33. The van der Waals surface area contributed by atoms with E-state index in [9.17, 15) is 4.79 Å². The second-order valence-corrected chi connectivity index (χ2v) is 4.25. The minimum Gasteiger partial charge on any atom is -0.376 e. The number of halogens is 1. The second-order valence-electron chi connectivity index (χ2n) is 3.84. The molecule has 3 N–H and O–H groups in total. The van der Waals surface area contributed by atoms with Crippen molar-refractivity contribution in [1.82, 2.24) is 0 Å². The molecule has 16 heavy (non-hydrogen) atoms. The van der Waals surface area contributed by atoms with Crippen molar-refractivity contribution in [3.63, 3.8) is 0 Å². The molecule has 1 amide bonds. The van der Waals surface area contributed by atoms with Crippen LogP contribution < -0.4 is 16.0 Å². The Kier molecular flexibility index (Phi) is 4.15. The van der Waals surface area contributed by atoms with Crippen molar-refractivity contribution in [3.05, 3.63) is 23.2 Å². The highest BCUT2D eigenvalue weighted by molar-refractivity contribution is 6.33. The zero-order chi connectivity index (χ0) is 12.3. The number of rotatable bonds is 3. The van der Waals surface area contributed by atoms with Crippen LogP contribution in [0.15, 0.2) is 18.2 Å². The molecule has 0 heterocycles. The smallest absolute Gasteiger partial charge is 0.240 e. The van der Waals surface area contributed by atoms with Crippen LogP contribution in [0.2, 0.25) is 5.02 Å². The molecule has 0 saturated carbocycles. The Hall–Kier alpha value is -1.26. The summed E-state index contributed by atoms with van der Waals surface area (Å²) in [5, 5.41) is 3.27. The van der Waals surface area contributed by atoms with Gasteiger partial charge in [-0.25, -0.2) is 0 Å². The van der Waals surface area contributed by atoms with E-state index >= 15 is 0 Å². The number of hydrogen-bond acceptors (Lipinski definition) is 3. The van der Waals surface area contributed by atoms with Gasteiger partial charge in [0, 0.05) is 19.8 Å². The van der Waals surface area contributed by atoms with Crippen molar-refractivity contribution >= 4 is 28.9 Å². The highest BCUT2D eigenvalue weighted by atomic mass is 35.5. The monoisotopic (exact) mass is 241 g/mol. The predicted molar refractivity (Wildman–Crippen MR) is 68.1 cm³/mol. The molecule has 5 heteroatoms. The first-order chi connectivity index (χ1) is 7.41. The lowest BCUT2D eigenvalue weighted by atomic mass is 10.2. The van der Waals surface area contributed by atoms with Gasteiger partial charge in [-0.2, -0.15) is 0 Å². The van der Waals surface area contributed by atoms with Gasteiger partial charge in [0.25, 0.3) is 0 Å². The third-order valence-corrected chi connectivity index (χ3v) is 2.41. The number of benzene rings is 1. The highest BCUT2D eigenvalue weighted by Gasteiger charge is 2.09. The maximum Gasteiger partial charge on any atom is 0.240 e. The summed E-state index contributed by atoms with van der Waals surface area (Å²) >= 11 is 6.06. The molecular weight excluding hydrogens is 226 g/mol. The topological polar surface area (TPSA) is 58.4 Å². The minimum absolute atomic E-state index is 0.228. The van der Waals surface area contributed by atoms with Crippen LogP contribution in [0.5, 0.6) is 0 Å². The first kappa shape index (κ1) is 12.8. The van der Waals surface area contributed by atoms with Gasteiger partial charge in [0.2, 0.25) is 5.91 Å². The fraction of sp³-hybridized carbons (Fsp3) is 0.364. The molecule has 0 radical (unpaired) electrons. The van der Waals surface area contributed by atoms with Crippen molar-refractivity contribution in [2.45, 2.75) is 13.0 Å². The van der Waals surface area contributed by atoms with Gasteiger partial charge < -0.3 is 16.0 Å². The average Bonchev–Trinajstić information content (AvgIpc) is 2.16. The molecule has 1 atom stereocenters. The molecule has 0 aliphatic carbocycles. The highest BCUT2D eigenvalue weighted by Crippen LogP contribution is 2.27. The zero-order valence-corrected chi connectivity index (χ0v) is 10.4. The molecule has 0 aliphatic heterocycles. The molecule has 1 rings (SSSR count). The Morgan fingerprint density at radius 2 is 2.12 bits per heavy atom. The molecule has 0 aromatic heterocycles. The van der Waals surface area contributed by atoms with Crippen LogP contribution >= 0.6 is 11.6 Å². The summed E-state index contributed by atoms with van der Waals surface area (Å²) in [6, 6.07) is 4.81. The van der Waals surface area contributed by atoms with Crippen molar-refractivity contribution in [2.75, 3.05) is 24.3 Å². The zero-order valence-electron chi connectivity index (χ0n) is 9.62. The van der Waals surface area contributed by atoms with E-state index in [2.05, 4.69) is 5.32 Å². The van der Waals surface area contributed by atoms with E-state index in [1.165, 1.54) is 0 Å². The van der Waals surface area contributed by atoms with E-state index in [1.54, 1.807) is 19.1 Å². The van der Waals surface area contributed by atoms with Crippen LogP contribution in [0, 0.1) is 0 Å². The number of carbonyl (C=O) groups is 1. The van der Waals surface area contributed by atoms with E-state index in [1.807, 2.05) is 25.1 Å². The number of amides is 1. The summed E-state index contributed by atoms with van der Waals surface area (Å²) in [5.41, 5.74) is 7.00. The Morgan fingerprint density at radius 1 is 1.50 bits per heavy atom. The van der Waals surface area contributed by atoms with E-state index in [-0.39, 0.29) is 5.91 Å². The second kappa shape index (κ2) is 5.18. The molecule has 0 saturated heterocycles. The lowest BCUT2D eigenvalue weighted by Gasteiger charge is -2.15. The molecule has 1 aromatic rings. The van der Waals surface area contributed by atoms with Crippen LogP contribution in [0.3, 0.4) is 0 Å². The number of nitrogens with one attached hydrogen (secondary N) is 1. The van der Waals surface area contributed by atoms with E-state index in [0.29, 0.717) is 10.7 Å². The largest absolute Gasteiger partial charge is 0.376 e. The van der Waals surface area contributed by atoms with Gasteiger partial charge in [0.1, 0.15) is 0 Å². The third-order valence-electron chi connectivity index (χ3n) is 2.11. The summed E-state index contributed by atoms with van der Waals surface area (Å²) in [6.07, 6.45) is 0. The van der Waals surface area contributed by atoms with E-state index in [4.69, 9.17) is 17.3 Å². The predicted octanol–water partition coefficient (Wildman–Crippen LogP) is 1.69. The van der Waals surface area contributed by atoms with Crippen LogP contribution in [-0.2, 0) is 4.79 Å². The fourth-order valence-electron chi connectivity index (χ4n) is 1.20. The minimum atomic E-state index is -0.535. The van der Waals surface area contributed by atoms with Crippen LogP contribution in [-0.4, -0.2) is 26.0 Å². The summed E-state index contributed by atoms with van der Waals surface area (Å²) in [7, 11) is 3.81. The number of carbonyl (C=O) groups excluding carboxylic acids is 1. The SMILES string of the molecule is CC(N)C(=O)Nc1ccc(N(C)C)c(Cl)c1. The summed E-state index contributed by atoms with van der Waals surface area (Å²) in [6.45, 7) is 1.63. The Morgan fingerprint density at radius 3 is 2.56 bits per heavy atom. The summed E-state index contributed by atoms with van der Waals surface area (Å²) in [4.78, 5) is 13.3. The Labute approximate surface area is 100 Å². The van der Waals surface area contributed by atoms with Gasteiger partial charge in [-0.15, -0.1) is 0 Å². The van der Waals surface area contributed by atoms with Gasteiger partial charge >= 0.3 is 0 Å². The van der Waals surface area contributed by atoms with Gasteiger partial charge in [0.15, 0.2) is 0 Å². The Balaban J connectivity index is 2.85. The molecule has 4 nitrogen and oxygen atoms in total. The number of hydrogen-bond donors (Lipinski definition) is 2. The number of nitrogens with zero attached hydrogens (tertiary/aromatic N) is 1. The van der Waals surface area contributed by atoms with Crippen molar-refractivity contribution < 1.29 is 4.79 Å². The molecule has 0 spiro atoms. The van der Waals surface area contributed by atoms with Crippen LogP contribution in [0.25, 0.3) is 0 Å². The molecule has 1 aromatic carbocycles. The maximum atomic E-state index is 11.4. The molecule has 0 bridgehead atoms. The average molecular weight is 242 g/mol. The molecule has 0 fully saturated rings. The van der Waals surface area contributed by atoms with E-state index in [0.717, 1.165) is 5.69 Å². The normalized spacial score (nSPS) is 12.1. The lowest BCUT2D eigenvalue weighted by molar-refractivity contribution is -0.117. The molecule has 0 aliphatic rings. The van der Waals surface area contributed by atoms with Crippen LogP contribution in [0.4, 0.5) is 11.4 Å². The number of anilines is 2. The van der Waals surface area contributed by atoms with Gasteiger partial charge in [-0.05, 0) is 25.1 Å². The van der Waals surface area contributed by atoms with Gasteiger partial charge in [-0.3, -0.25) is 4.79 Å². The first-order valence-electron chi connectivity index (χ1n) is 4.95. The molecule has 1 unspecified atom stereocenters. The molecular formula is C11H16ClN3O. The fourth-order valence-corrected chi connectivity index (χ4v) is 1.55.